The molecular formula is C16H25BrN2O. The van der Waals surface area contributed by atoms with Gasteiger partial charge in [-0.2, -0.15) is 0 Å². The van der Waals surface area contributed by atoms with Crippen molar-refractivity contribution >= 4 is 21.6 Å². The third-order valence-corrected chi connectivity index (χ3v) is 4.75. The first-order valence-electron chi connectivity index (χ1n) is 7.51. The van der Waals surface area contributed by atoms with E-state index in [1.165, 1.54) is 41.5 Å². The highest BCUT2D eigenvalue weighted by atomic mass is 79.9. The van der Waals surface area contributed by atoms with E-state index >= 15 is 0 Å². The molecule has 112 valence electrons. The number of anilines is 1. The number of rotatable bonds is 7. The number of hydrogen-bond acceptors (Lipinski definition) is 3. The molecule has 1 aliphatic rings. The highest BCUT2D eigenvalue weighted by molar-refractivity contribution is 9.10. The van der Waals surface area contributed by atoms with Gasteiger partial charge in [-0.15, -0.1) is 0 Å². The van der Waals surface area contributed by atoms with Crippen LogP contribution in [-0.2, 0) is 11.3 Å². The molecule has 0 bridgehead atoms. The topological polar surface area (TPSA) is 24.5 Å². The quantitative estimate of drug-likeness (QED) is 0.768. The Bertz CT molecular complexity index is 425. The van der Waals surface area contributed by atoms with E-state index < -0.39 is 0 Å². The molecular weight excluding hydrogens is 316 g/mol. The van der Waals surface area contributed by atoms with Crippen molar-refractivity contribution in [1.82, 2.24) is 5.32 Å². The fraction of sp³-hybridized carbons (Fsp3) is 0.625. The molecule has 0 aromatic heterocycles. The number of methoxy groups -OCH3 is 1. The smallest absolute Gasteiger partial charge is 0.0587 e. The van der Waals surface area contributed by atoms with Gasteiger partial charge in [-0.1, -0.05) is 28.9 Å². The molecule has 3 nitrogen and oxygen atoms in total. The summed E-state index contributed by atoms with van der Waals surface area (Å²) in [5.41, 5.74) is 2.65. The molecule has 1 heterocycles. The monoisotopic (exact) mass is 340 g/mol. The van der Waals surface area contributed by atoms with Gasteiger partial charge in [0.25, 0.3) is 0 Å². The molecule has 1 atom stereocenters. The minimum absolute atomic E-state index is 0.715. The molecule has 0 spiro atoms. The molecule has 1 aromatic rings. The van der Waals surface area contributed by atoms with Crippen LogP contribution in [0.4, 0.5) is 5.69 Å². The van der Waals surface area contributed by atoms with E-state index in [1.54, 1.807) is 7.11 Å². The van der Waals surface area contributed by atoms with Gasteiger partial charge >= 0.3 is 0 Å². The molecule has 1 N–H and O–H groups in total. The number of halogens is 1. The third-order valence-electron chi connectivity index (χ3n) is 4.02. The van der Waals surface area contributed by atoms with E-state index in [-0.39, 0.29) is 0 Å². The van der Waals surface area contributed by atoms with Crippen molar-refractivity contribution in [3.05, 3.63) is 28.2 Å². The second kappa shape index (κ2) is 8.01. The Hall–Kier alpha value is -0.580. The van der Waals surface area contributed by atoms with E-state index in [4.69, 9.17) is 4.74 Å². The van der Waals surface area contributed by atoms with Gasteiger partial charge in [-0.25, -0.2) is 0 Å². The number of ether oxygens (including phenoxy) is 1. The summed E-state index contributed by atoms with van der Waals surface area (Å²) in [6, 6.07) is 7.46. The zero-order valence-electron chi connectivity index (χ0n) is 12.5. The van der Waals surface area contributed by atoms with E-state index in [0.29, 0.717) is 6.04 Å². The predicted octanol–water partition coefficient (Wildman–Crippen LogP) is 3.56. The highest BCUT2D eigenvalue weighted by Gasteiger charge is 2.23. The zero-order chi connectivity index (χ0) is 14.4. The molecule has 20 heavy (non-hydrogen) atoms. The van der Waals surface area contributed by atoms with Crippen LogP contribution < -0.4 is 10.2 Å². The fourth-order valence-electron chi connectivity index (χ4n) is 2.86. The molecule has 1 aliphatic heterocycles. The fourth-order valence-corrected chi connectivity index (χ4v) is 3.36. The van der Waals surface area contributed by atoms with Crippen LogP contribution in [0.1, 0.15) is 31.7 Å². The summed E-state index contributed by atoms with van der Waals surface area (Å²) >= 11 is 3.71. The molecule has 2 rings (SSSR count). The Balaban J connectivity index is 1.98. The van der Waals surface area contributed by atoms with Gasteiger partial charge in [0, 0.05) is 42.9 Å². The van der Waals surface area contributed by atoms with E-state index in [1.807, 2.05) is 0 Å². The van der Waals surface area contributed by atoms with Crippen LogP contribution in [0, 0.1) is 0 Å². The number of nitrogens with one attached hydrogen (secondary N) is 1. The Labute approximate surface area is 130 Å². The summed E-state index contributed by atoms with van der Waals surface area (Å²) in [4.78, 5) is 2.55. The van der Waals surface area contributed by atoms with Crippen molar-refractivity contribution in [2.24, 2.45) is 0 Å². The maximum absolute atomic E-state index is 5.04. The Kier molecular flexibility index (Phi) is 6.33. The Morgan fingerprint density at radius 3 is 3.00 bits per heavy atom. The van der Waals surface area contributed by atoms with Crippen LogP contribution in [0.2, 0.25) is 0 Å². The number of nitrogens with zero attached hydrogens (tertiary/aromatic N) is 1. The number of hydrogen-bond donors (Lipinski definition) is 1. The summed E-state index contributed by atoms with van der Waals surface area (Å²) in [5, 5.41) is 3.38. The standard InChI is InChI=1S/C16H25BrN2O/c1-3-14-5-4-9-19(14)15-7-6-13(16(17)11-15)12-18-8-10-20-2/h6-7,11,14,18H,3-5,8-10,12H2,1-2H3. The lowest BCUT2D eigenvalue weighted by Crippen LogP contribution is -2.28. The van der Waals surface area contributed by atoms with Gasteiger partial charge in [0.1, 0.15) is 0 Å². The lowest BCUT2D eigenvalue weighted by molar-refractivity contribution is 0.199. The molecule has 0 aliphatic carbocycles. The van der Waals surface area contributed by atoms with E-state index in [0.717, 1.165) is 19.7 Å². The molecule has 1 unspecified atom stereocenters. The highest BCUT2D eigenvalue weighted by Crippen LogP contribution is 2.30. The SMILES string of the molecule is CCC1CCCN1c1ccc(CNCCOC)c(Br)c1. The lowest BCUT2D eigenvalue weighted by atomic mass is 10.1. The molecule has 1 fully saturated rings. The minimum atomic E-state index is 0.715. The number of benzene rings is 1. The summed E-state index contributed by atoms with van der Waals surface area (Å²) in [6.45, 7) is 5.99. The summed E-state index contributed by atoms with van der Waals surface area (Å²) in [7, 11) is 1.73. The molecule has 0 radical (unpaired) electrons. The van der Waals surface area contributed by atoms with Gasteiger partial charge in [-0.3, -0.25) is 0 Å². The van der Waals surface area contributed by atoms with Crippen molar-refractivity contribution in [3.63, 3.8) is 0 Å². The Morgan fingerprint density at radius 1 is 1.45 bits per heavy atom. The van der Waals surface area contributed by atoms with Crippen molar-refractivity contribution in [2.45, 2.75) is 38.8 Å². The first kappa shape index (κ1) is 15.8. The zero-order valence-corrected chi connectivity index (χ0v) is 14.1. The maximum Gasteiger partial charge on any atom is 0.0587 e. The van der Waals surface area contributed by atoms with Crippen LogP contribution in [0.5, 0.6) is 0 Å². The third kappa shape index (κ3) is 3.96. The van der Waals surface area contributed by atoms with Crippen molar-refractivity contribution in [3.8, 4) is 0 Å². The second-order valence-electron chi connectivity index (χ2n) is 5.34. The van der Waals surface area contributed by atoms with Crippen molar-refractivity contribution < 1.29 is 4.74 Å². The predicted molar refractivity (Wildman–Crippen MR) is 88.4 cm³/mol. The molecule has 1 saturated heterocycles. The summed E-state index contributed by atoms with van der Waals surface area (Å²) in [6.07, 6.45) is 3.88. The average molecular weight is 341 g/mol. The van der Waals surface area contributed by atoms with Crippen LogP contribution in [0.15, 0.2) is 22.7 Å². The van der Waals surface area contributed by atoms with Gasteiger partial charge in [-0.05, 0) is 37.0 Å². The lowest BCUT2D eigenvalue weighted by Gasteiger charge is -2.26. The molecule has 4 heteroatoms. The van der Waals surface area contributed by atoms with Crippen LogP contribution in [-0.4, -0.2) is 32.8 Å². The Morgan fingerprint density at radius 2 is 2.30 bits per heavy atom. The first-order chi connectivity index (χ1) is 9.76. The van der Waals surface area contributed by atoms with Crippen LogP contribution in [0.25, 0.3) is 0 Å². The van der Waals surface area contributed by atoms with Crippen molar-refractivity contribution in [2.75, 3.05) is 31.7 Å². The van der Waals surface area contributed by atoms with Crippen LogP contribution in [0.3, 0.4) is 0 Å². The van der Waals surface area contributed by atoms with Gasteiger partial charge in [0.05, 0.1) is 6.61 Å². The average Bonchev–Trinajstić information content (AvgIpc) is 2.93. The maximum atomic E-state index is 5.04. The molecule has 1 aromatic carbocycles. The van der Waals surface area contributed by atoms with E-state index in [9.17, 15) is 0 Å². The van der Waals surface area contributed by atoms with E-state index in [2.05, 4.69) is 51.3 Å². The minimum Gasteiger partial charge on any atom is -0.383 e. The van der Waals surface area contributed by atoms with Gasteiger partial charge in [0.15, 0.2) is 0 Å². The van der Waals surface area contributed by atoms with Gasteiger partial charge < -0.3 is 15.0 Å². The van der Waals surface area contributed by atoms with Crippen LogP contribution >= 0.6 is 15.9 Å². The molecule has 0 amide bonds. The first-order valence-corrected chi connectivity index (χ1v) is 8.30. The second-order valence-corrected chi connectivity index (χ2v) is 6.20. The van der Waals surface area contributed by atoms with Gasteiger partial charge in [0.2, 0.25) is 0 Å². The normalized spacial score (nSPS) is 18.8. The summed E-state index contributed by atoms with van der Waals surface area (Å²) < 4.78 is 6.24. The summed E-state index contributed by atoms with van der Waals surface area (Å²) in [5.74, 6) is 0. The van der Waals surface area contributed by atoms with Crippen molar-refractivity contribution in [1.29, 1.82) is 0 Å². The largest absolute Gasteiger partial charge is 0.383 e. The molecule has 0 saturated carbocycles.